The minimum absolute atomic E-state index is 0.155. The van der Waals surface area contributed by atoms with Crippen LogP contribution < -0.4 is 5.32 Å². The fourth-order valence-electron chi connectivity index (χ4n) is 3.00. The molecule has 0 unspecified atom stereocenters. The summed E-state index contributed by atoms with van der Waals surface area (Å²) >= 11 is 5.95. The number of aromatic nitrogens is 1. The van der Waals surface area contributed by atoms with Crippen LogP contribution in [0.3, 0.4) is 0 Å². The summed E-state index contributed by atoms with van der Waals surface area (Å²) in [5, 5.41) is 3.56. The Balaban J connectivity index is 1.58. The Morgan fingerprint density at radius 2 is 1.72 bits per heavy atom. The topological polar surface area (TPSA) is 55.1 Å². The molecule has 146 valence electrons. The Bertz CT molecular complexity index is 1180. The molecule has 4 aromatic rings. The van der Waals surface area contributed by atoms with Gasteiger partial charge in [0.25, 0.3) is 0 Å². The van der Waals surface area contributed by atoms with Gasteiger partial charge in [-0.2, -0.15) is 0 Å². The van der Waals surface area contributed by atoms with Gasteiger partial charge in [0.2, 0.25) is 11.8 Å². The molecule has 0 radical (unpaired) electrons. The molecule has 1 heterocycles. The highest BCUT2D eigenvalue weighted by molar-refractivity contribution is 6.30. The number of nitrogens with zero attached hydrogens (tertiary/aromatic N) is 1. The molecular formula is C23H18ClFN2O2. The summed E-state index contributed by atoms with van der Waals surface area (Å²) in [6.07, 6.45) is 0. The monoisotopic (exact) mass is 408 g/mol. The van der Waals surface area contributed by atoms with E-state index < -0.39 is 5.41 Å². The average Bonchev–Trinajstić information content (AvgIpc) is 3.12. The van der Waals surface area contributed by atoms with Crippen molar-refractivity contribution in [2.24, 2.45) is 0 Å². The number of oxazole rings is 1. The van der Waals surface area contributed by atoms with Gasteiger partial charge in [-0.1, -0.05) is 23.7 Å². The van der Waals surface area contributed by atoms with Crippen LogP contribution in [0.4, 0.5) is 10.1 Å². The van der Waals surface area contributed by atoms with E-state index in [2.05, 4.69) is 10.3 Å². The third kappa shape index (κ3) is 3.87. The van der Waals surface area contributed by atoms with Crippen molar-refractivity contribution in [3.8, 4) is 11.5 Å². The van der Waals surface area contributed by atoms with Gasteiger partial charge in [0.15, 0.2) is 5.58 Å². The summed E-state index contributed by atoms with van der Waals surface area (Å²) < 4.78 is 18.9. The van der Waals surface area contributed by atoms with Gasteiger partial charge >= 0.3 is 0 Å². The first-order valence-corrected chi connectivity index (χ1v) is 9.45. The summed E-state index contributed by atoms with van der Waals surface area (Å²) in [4.78, 5) is 17.3. The molecule has 4 nitrogen and oxygen atoms in total. The lowest BCUT2D eigenvalue weighted by Crippen LogP contribution is -2.34. The second-order valence-electron chi connectivity index (χ2n) is 7.29. The predicted molar refractivity (Wildman–Crippen MR) is 113 cm³/mol. The number of hydrogen-bond acceptors (Lipinski definition) is 3. The largest absolute Gasteiger partial charge is 0.436 e. The first kappa shape index (κ1) is 19.2. The Labute approximate surface area is 172 Å². The molecule has 1 N–H and O–H groups in total. The lowest BCUT2D eigenvalue weighted by Gasteiger charge is -2.24. The molecule has 0 spiro atoms. The van der Waals surface area contributed by atoms with Crippen molar-refractivity contribution >= 4 is 34.3 Å². The molecule has 0 saturated heterocycles. The normalized spacial score (nSPS) is 11.6. The van der Waals surface area contributed by atoms with Gasteiger partial charge in [0.05, 0.1) is 5.41 Å². The van der Waals surface area contributed by atoms with Crippen LogP contribution >= 0.6 is 11.6 Å². The highest BCUT2D eigenvalue weighted by atomic mass is 35.5. The fraction of sp³-hybridized carbons (Fsp3) is 0.130. The Morgan fingerprint density at radius 3 is 2.41 bits per heavy atom. The number of carbonyl (C=O) groups excluding carboxylic acids is 1. The summed E-state index contributed by atoms with van der Waals surface area (Å²) in [7, 11) is 0. The van der Waals surface area contributed by atoms with Crippen LogP contribution in [0.15, 0.2) is 71.1 Å². The second-order valence-corrected chi connectivity index (χ2v) is 7.73. The lowest BCUT2D eigenvalue weighted by atomic mass is 9.83. The lowest BCUT2D eigenvalue weighted by molar-refractivity contribution is -0.120. The number of halogens is 2. The van der Waals surface area contributed by atoms with E-state index in [1.807, 2.05) is 26.0 Å². The van der Waals surface area contributed by atoms with Crippen LogP contribution in [-0.2, 0) is 10.2 Å². The van der Waals surface area contributed by atoms with Crippen molar-refractivity contribution < 1.29 is 13.6 Å². The van der Waals surface area contributed by atoms with Crippen molar-refractivity contribution in [1.82, 2.24) is 4.98 Å². The van der Waals surface area contributed by atoms with Crippen LogP contribution in [0, 0.1) is 5.82 Å². The zero-order valence-corrected chi connectivity index (χ0v) is 16.6. The number of amides is 1. The highest BCUT2D eigenvalue weighted by Gasteiger charge is 2.30. The standard InChI is InChI=1S/C23H18ClFN2O2/c1-23(2,15-5-7-16(24)8-6-15)22(28)26-18-11-12-19-20(13-18)29-21(27-19)14-3-9-17(25)10-4-14/h3-13H,1-2H3,(H,26,28). The molecule has 0 fully saturated rings. The van der Waals surface area contributed by atoms with E-state index in [0.717, 1.165) is 5.56 Å². The number of hydrogen-bond donors (Lipinski definition) is 1. The number of benzene rings is 3. The van der Waals surface area contributed by atoms with Crippen LogP contribution in [-0.4, -0.2) is 10.9 Å². The first-order valence-electron chi connectivity index (χ1n) is 9.07. The molecule has 1 amide bonds. The van der Waals surface area contributed by atoms with E-state index in [1.54, 1.807) is 42.5 Å². The molecule has 29 heavy (non-hydrogen) atoms. The number of carbonyl (C=O) groups is 1. The Morgan fingerprint density at radius 1 is 1.03 bits per heavy atom. The smallest absolute Gasteiger partial charge is 0.234 e. The maximum Gasteiger partial charge on any atom is 0.234 e. The molecule has 0 aliphatic carbocycles. The van der Waals surface area contributed by atoms with E-state index in [1.165, 1.54) is 12.1 Å². The quantitative estimate of drug-likeness (QED) is 0.437. The van der Waals surface area contributed by atoms with Gasteiger partial charge in [0, 0.05) is 22.3 Å². The summed E-state index contributed by atoms with van der Waals surface area (Å²) in [5.74, 6) is -0.0828. The van der Waals surface area contributed by atoms with Crippen LogP contribution in [0.25, 0.3) is 22.6 Å². The van der Waals surface area contributed by atoms with Crippen LogP contribution in [0.2, 0.25) is 5.02 Å². The molecule has 4 rings (SSSR count). The van der Waals surface area contributed by atoms with Crippen LogP contribution in [0.1, 0.15) is 19.4 Å². The van der Waals surface area contributed by atoms with Gasteiger partial charge in [-0.15, -0.1) is 0 Å². The van der Waals surface area contributed by atoms with Gasteiger partial charge in [-0.3, -0.25) is 4.79 Å². The molecule has 3 aromatic carbocycles. The van der Waals surface area contributed by atoms with E-state index in [4.69, 9.17) is 16.0 Å². The Hall–Kier alpha value is -3.18. The number of anilines is 1. The van der Waals surface area contributed by atoms with Gasteiger partial charge in [-0.05, 0) is 67.9 Å². The van der Waals surface area contributed by atoms with Gasteiger partial charge in [0.1, 0.15) is 11.3 Å². The predicted octanol–water partition coefficient (Wildman–Crippen LogP) is 6.20. The maximum atomic E-state index is 13.1. The minimum Gasteiger partial charge on any atom is -0.436 e. The minimum atomic E-state index is -0.750. The third-order valence-electron chi connectivity index (χ3n) is 4.87. The molecule has 1 aromatic heterocycles. The van der Waals surface area contributed by atoms with Crippen molar-refractivity contribution in [2.45, 2.75) is 19.3 Å². The summed E-state index contributed by atoms with van der Waals surface area (Å²) in [5.41, 5.74) is 2.58. The van der Waals surface area contributed by atoms with Crippen molar-refractivity contribution in [1.29, 1.82) is 0 Å². The van der Waals surface area contributed by atoms with Crippen molar-refractivity contribution in [2.75, 3.05) is 5.32 Å². The molecular weight excluding hydrogens is 391 g/mol. The summed E-state index contributed by atoms with van der Waals surface area (Å²) in [6, 6.07) is 18.4. The van der Waals surface area contributed by atoms with Crippen molar-refractivity contribution in [3.05, 3.63) is 83.1 Å². The van der Waals surface area contributed by atoms with E-state index in [9.17, 15) is 9.18 Å². The van der Waals surface area contributed by atoms with E-state index in [0.29, 0.717) is 33.3 Å². The van der Waals surface area contributed by atoms with E-state index in [-0.39, 0.29) is 11.7 Å². The number of fused-ring (bicyclic) bond motifs is 1. The van der Waals surface area contributed by atoms with Crippen LogP contribution in [0.5, 0.6) is 0 Å². The van der Waals surface area contributed by atoms with Gasteiger partial charge in [-0.25, -0.2) is 9.37 Å². The average molecular weight is 409 g/mol. The van der Waals surface area contributed by atoms with Gasteiger partial charge < -0.3 is 9.73 Å². The van der Waals surface area contributed by atoms with Crippen molar-refractivity contribution in [3.63, 3.8) is 0 Å². The molecule has 0 aliphatic rings. The maximum absolute atomic E-state index is 13.1. The number of nitrogens with one attached hydrogen (secondary N) is 1. The molecule has 0 bridgehead atoms. The molecule has 0 atom stereocenters. The first-order chi connectivity index (χ1) is 13.8. The number of rotatable bonds is 4. The summed E-state index contributed by atoms with van der Waals surface area (Å²) in [6.45, 7) is 3.70. The third-order valence-corrected chi connectivity index (χ3v) is 5.12. The molecule has 0 saturated carbocycles. The zero-order chi connectivity index (χ0) is 20.6. The second kappa shape index (κ2) is 7.33. The zero-order valence-electron chi connectivity index (χ0n) is 15.9. The SMILES string of the molecule is CC(C)(C(=O)Nc1ccc2nc(-c3ccc(F)cc3)oc2c1)c1ccc(Cl)cc1. The highest BCUT2D eigenvalue weighted by Crippen LogP contribution is 2.29. The van der Waals surface area contributed by atoms with E-state index >= 15 is 0 Å². The fourth-order valence-corrected chi connectivity index (χ4v) is 3.13. The molecule has 0 aliphatic heterocycles. The Kier molecular flexibility index (Phi) is 4.84. The molecule has 6 heteroatoms.